The molecule has 2 heterocycles. The molecule has 0 bridgehead atoms. The van der Waals surface area contributed by atoms with Crippen LogP contribution in [0.15, 0.2) is 235 Å². The fourth-order valence-electron chi connectivity index (χ4n) is 8.33. The maximum Gasteiger partial charge on any atom is 0.164 e. The lowest BCUT2D eigenvalue weighted by atomic mass is 9.99. The highest BCUT2D eigenvalue weighted by Gasteiger charge is 2.20. The van der Waals surface area contributed by atoms with E-state index in [1.54, 1.807) is 0 Å². The van der Waals surface area contributed by atoms with Crippen molar-refractivity contribution in [2.24, 2.45) is 0 Å². The predicted molar refractivity (Wildman–Crippen MR) is 254 cm³/mol. The van der Waals surface area contributed by atoms with Gasteiger partial charge < -0.3 is 9.32 Å². The zero-order valence-electron chi connectivity index (χ0n) is 33.6. The molecule has 5 heteroatoms. The van der Waals surface area contributed by atoms with E-state index in [-0.39, 0.29) is 0 Å². The first-order valence-electron chi connectivity index (χ1n) is 20.8. The summed E-state index contributed by atoms with van der Waals surface area (Å²) < 4.78 is 6.62. The summed E-state index contributed by atoms with van der Waals surface area (Å²) in [5, 5.41) is 1.96. The molecular weight excluding hydrogens is 757 g/mol. The second-order valence-corrected chi connectivity index (χ2v) is 15.2. The van der Waals surface area contributed by atoms with Gasteiger partial charge in [-0.2, -0.15) is 0 Å². The van der Waals surface area contributed by atoms with E-state index in [1.165, 1.54) is 11.1 Å². The van der Waals surface area contributed by atoms with Crippen molar-refractivity contribution in [1.29, 1.82) is 0 Å². The lowest BCUT2D eigenvalue weighted by Gasteiger charge is -2.26. The van der Waals surface area contributed by atoms with Crippen LogP contribution in [0.25, 0.3) is 89.5 Å². The van der Waals surface area contributed by atoms with E-state index in [1.807, 2.05) is 60.7 Å². The molecule has 0 N–H and O–H groups in total. The third kappa shape index (κ3) is 6.97. The van der Waals surface area contributed by atoms with Gasteiger partial charge in [0.1, 0.15) is 11.2 Å². The highest BCUT2D eigenvalue weighted by Crippen LogP contribution is 2.41. The molecule has 292 valence electrons. The maximum absolute atomic E-state index is 6.62. The molecule has 0 unspecified atom stereocenters. The van der Waals surface area contributed by atoms with E-state index >= 15 is 0 Å². The van der Waals surface area contributed by atoms with Crippen LogP contribution in [-0.4, -0.2) is 15.0 Å². The molecule has 0 atom stereocenters. The van der Waals surface area contributed by atoms with Crippen LogP contribution in [0.1, 0.15) is 0 Å². The number of rotatable bonds is 9. The van der Waals surface area contributed by atoms with Crippen molar-refractivity contribution >= 4 is 39.0 Å². The Morgan fingerprint density at radius 3 is 1.39 bits per heavy atom. The van der Waals surface area contributed by atoms with Gasteiger partial charge in [0, 0.05) is 44.5 Å². The summed E-state index contributed by atoms with van der Waals surface area (Å²) in [6.45, 7) is 0. The van der Waals surface area contributed by atoms with Gasteiger partial charge in [-0.05, 0) is 88.0 Å². The van der Waals surface area contributed by atoms with Crippen LogP contribution in [0.4, 0.5) is 17.1 Å². The minimum Gasteiger partial charge on any atom is -0.456 e. The van der Waals surface area contributed by atoms with Crippen molar-refractivity contribution in [3.8, 4) is 67.5 Å². The Kier molecular flexibility index (Phi) is 9.45. The predicted octanol–water partition coefficient (Wildman–Crippen LogP) is 15.2. The third-order valence-corrected chi connectivity index (χ3v) is 11.4. The van der Waals surface area contributed by atoms with Crippen molar-refractivity contribution in [1.82, 2.24) is 15.0 Å². The Bertz CT molecular complexity index is 3310. The van der Waals surface area contributed by atoms with Crippen LogP contribution in [0.5, 0.6) is 0 Å². The molecule has 0 aliphatic carbocycles. The van der Waals surface area contributed by atoms with E-state index in [4.69, 9.17) is 19.4 Å². The molecule has 0 saturated heterocycles. The van der Waals surface area contributed by atoms with E-state index in [0.717, 1.165) is 77.9 Å². The largest absolute Gasteiger partial charge is 0.456 e. The van der Waals surface area contributed by atoms with Gasteiger partial charge >= 0.3 is 0 Å². The highest BCUT2D eigenvalue weighted by molar-refractivity contribution is 6.12. The molecule has 0 amide bonds. The van der Waals surface area contributed by atoms with Crippen molar-refractivity contribution in [2.45, 2.75) is 0 Å². The Balaban J connectivity index is 0.970. The van der Waals surface area contributed by atoms with Gasteiger partial charge in [0.2, 0.25) is 0 Å². The first-order valence-corrected chi connectivity index (χ1v) is 20.8. The summed E-state index contributed by atoms with van der Waals surface area (Å²) in [6, 6.07) is 79.8. The summed E-state index contributed by atoms with van der Waals surface area (Å²) in [6.07, 6.45) is 0. The molecule has 0 aliphatic rings. The quantitative estimate of drug-likeness (QED) is 0.146. The van der Waals surface area contributed by atoms with Gasteiger partial charge in [-0.25, -0.2) is 15.0 Å². The van der Waals surface area contributed by atoms with Crippen LogP contribution < -0.4 is 4.90 Å². The van der Waals surface area contributed by atoms with Crippen LogP contribution in [0.3, 0.4) is 0 Å². The van der Waals surface area contributed by atoms with Gasteiger partial charge in [-0.3, -0.25) is 0 Å². The summed E-state index contributed by atoms with van der Waals surface area (Å²) in [7, 11) is 0. The molecule has 5 nitrogen and oxygen atoms in total. The standard InChI is InChI=1S/C57H38N4O/c1-5-16-39(17-6-1)40-28-33-46(34-29-40)61(45-22-11-4-12-23-45)47-35-30-41(31-36-47)44-32-37-50-53(38-44)62-52-27-15-26-51(54(50)52)57-59-55(43-20-9-3-10-21-43)58-56(60-57)49-25-14-13-24-48(49)42-18-7-2-8-19-42/h1-38H. The second-order valence-electron chi connectivity index (χ2n) is 15.2. The van der Waals surface area contributed by atoms with Crippen LogP contribution in [-0.2, 0) is 0 Å². The van der Waals surface area contributed by atoms with Gasteiger partial charge in [0.05, 0.1) is 0 Å². The molecule has 11 rings (SSSR count). The van der Waals surface area contributed by atoms with E-state index in [0.29, 0.717) is 17.5 Å². The number of para-hydroxylation sites is 1. The SMILES string of the molecule is c1ccc(-c2ccc(N(c3ccccc3)c3ccc(-c4ccc5c(c4)oc4cccc(-c6nc(-c7ccccc7)nc(-c7ccccc7-c7ccccc7)n6)c45)cc3)cc2)cc1. The molecule has 0 spiro atoms. The van der Waals surface area contributed by atoms with Crippen molar-refractivity contribution in [2.75, 3.05) is 4.90 Å². The van der Waals surface area contributed by atoms with Crippen molar-refractivity contribution < 1.29 is 4.42 Å². The number of furan rings is 1. The number of fused-ring (bicyclic) bond motifs is 3. The molecule has 0 fully saturated rings. The monoisotopic (exact) mass is 794 g/mol. The first-order chi connectivity index (χ1) is 30.7. The molecule has 0 aliphatic heterocycles. The van der Waals surface area contributed by atoms with E-state index < -0.39 is 0 Å². The lowest BCUT2D eigenvalue weighted by Crippen LogP contribution is -2.09. The summed E-state index contributed by atoms with van der Waals surface area (Å²) in [4.78, 5) is 17.7. The molecule has 2 aromatic heterocycles. The number of aromatic nitrogens is 3. The van der Waals surface area contributed by atoms with Gasteiger partial charge in [-0.15, -0.1) is 0 Å². The molecule has 0 saturated carbocycles. The van der Waals surface area contributed by atoms with Crippen LogP contribution in [0.2, 0.25) is 0 Å². The maximum atomic E-state index is 6.62. The molecule has 9 aromatic carbocycles. The van der Waals surface area contributed by atoms with Crippen molar-refractivity contribution in [3.05, 3.63) is 231 Å². The topological polar surface area (TPSA) is 55.1 Å². The van der Waals surface area contributed by atoms with Crippen LogP contribution >= 0.6 is 0 Å². The average Bonchev–Trinajstić information content (AvgIpc) is 3.74. The number of hydrogen-bond acceptors (Lipinski definition) is 5. The summed E-state index contributed by atoms with van der Waals surface area (Å²) >= 11 is 0. The fraction of sp³-hybridized carbons (Fsp3) is 0. The smallest absolute Gasteiger partial charge is 0.164 e. The minimum atomic E-state index is 0.586. The number of benzene rings is 9. The first kappa shape index (κ1) is 36.7. The Morgan fingerprint density at radius 2 is 0.742 bits per heavy atom. The fourth-order valence-corrected chi connectivity index (χ4v) is 8.33. The highest BCUT2D eigenvalue weighted by atomic mass is 16.3. The Labute approximate surface area is 359 Å². The summed E-state index contributed by atoms with van der Waals surface area (Å²) in [5.41, 5.74) is 14.3. The normalized spacial score (nSPS) is 11.2. The Hall–Kier alpha value is -8.41. The molecule has 0 radical (unpaired) electrons. The molecule has 11 aromatic rings. The number of anilines is 3. The van der Waals surface area contributed by atoms with Gasteiger partial charge in [0.25, 0.3) is 0 Å². The number of hydrogen-bond donors (Lipinski definition) is 0. The third-order valence-electron chi connectivity index (χ3n) is 11.4. The zero-order valence-corrected chi connectivity index (χ0v) is 33.6. The van der Waals surface area contributed by atoms with Gasteiger partial charge in [-0.1, -0.05) is 176 Å². The second kappa shape index (κ2) is 16.0. The van der Waals surface area contributed by atoms with Crippen LogP contribution in [0, 0.1) is 0 Å². The van der Waals surface area contributed by atoms with Gasteiger partial charge in [0.15, 0.2) is 17.5 Å². The zero-order chi connectivity index (χ0) is 41.2. The average molecular weight is 795 g/mol. The Morgan fingerprint density at radius 1 is 0.290 bits per heavy atom. The van der Waals surface area contributed by atoms with E-state index in [9.17, 15) is 0 Å². The number of nitrogens with zero attached hydrogens (tertiary/aromatic N) is 4. The molecular formula is C57H38N4O. The van der Waals surface area contributed by atoms with Crippen molar-refractivity contribution in [3.63, 3.8) is 0 Å². The lowest BCUT2D eigenvalue weighted by molar-refractivity contribution is 0.669. The van der Waals surface area contributed by atoms with E-state index in [2.05, 4.69) is 175 Å². The molecule has 62 heavy (non-hydrogen) atoms. The minimum absolute atomic E-state index is 0.586. The summed E-state index contributed by atoms with van der Waals surface area (Å²) in [5.74, 6) is 1.81.